The number of dihydropyridines is 1. The highest BCUT2D eigenvalue weighted by Gasteiger charge is 2.39. The second-order valence-electron chi connectivity index (χ2n) is 5.82. The molecular weight excluding hydrogens is 338 g/mol. The number of rotatable bonds is 5. The first-order valence-electron chi connectivity index (χ1n) is 8.36. The zero-order chi connectivity index (χ0) is 19.4. The van der Waals surface area contributed by atoms with Crippen molar-refractivity contribution in [1.82, 2.24) is 5.32 Å². The molecule has 0 saturated heterocycles. The van der Waals surface area contributed by atoms with Gasteiger partial charge < -0.3 is 25.0 Å². The van der Waals surface area contributed by atoms with Gasteiger partial charge in [0.15, 0.2) is 0 Å². The highest BCUT2D eigenvalue weighted by atomic mass is 16.5. The third kappa shape index (κ3) is 3.66. The number of aromatic hydroxyl groups is 2. The van der Waals surface area contributed by atoms with Gasteiger partial charge in [0, 0.05) is 23.0 Å². The Kier molecular flexibility index (Phi) is 5.92. The van der Waals surface area contributed by atoms with E-state index in [9.17, 15) is 19.8 Å². The topological polar surface area (TPSA) is 105 Å². The van der Waals surface area contributed by atoms with Gasteiger partial charge in [-0.15, -0.1) is 0 Å². The van der Waals surface area contributed by atoms with Crippen molar-refractivity contribution < 1.29 is 29.3 Å². The Labute approximate surface area is 151 Å². The van der Waals surface area contributed by atoms with Crippen LogP contribution in [0.2, 0.25) is 0 Å². The van der Waals surface area contributed by atoms with Gasteiger partial charge >= 0.3 is 11.9 Å². The van der Waals surface area contributed by atoms with E-state index in [1.807, 2.05) is 0 Å². The third-order valence-electron chi connectivity index (χ3n) is 4.08. The Morgan fingerprint density at radius 2 is 1.50 bits per heavy atom. The van der Waals surface area contributed by atoms with Crippen LogP contribution >= 0.6 is 0 Å². The van der Waals surface area contributed by atoms with Crippen LogP contribution in [0.1, 0.15) is 39.2 Å². The predicted molar refractivity (Wildman–Crippen MR) is 94.3 cm³/mol. The third-order valence-corrected chi connectivity index (χ3v) is 4.08. The Morgan fingerprint density at radius 1 is 1.00 bits per heavy atom. The van der Waals surface area contributed by atoms with E-state index in [0.29, 0.717) is 17.0 Å². The fourth-order valence-corrected chi connectivity index (χ4v) is 3.04. The molecule has 3 N–H and O–H groups in total. The zero-order valence-corrected chi connectivity index (χ0v) is 15.3. The summed E-state index contributed by atoms with van der Waals surface area (Å²) >= 11 is 0. The number of carbonyl (C=O) groups excluding carboxylic acids is 2. The highest BCUT2D eigenvalue weighted by Crippen LogP contribution is 2.43. The minimum absolute atomic E-state index is 0.128. The Hall–Kier alpha value is -2.96. The average Bonchev–Trinajstić information content (AvgIpc) is 2.54. The SMILES string of the molecule is CCOC(=O)C1=C(C)NC(C)=C(C(=O)OCC)C1c1ccc(O)cc1O. The Bertz CT molecular complexity index is 753. The molecule has 1 heterocycles. The largest absolute Gasteiger partial charge is 0.508 e. The van der Waals surface area contributed by atoms with Gasteiger partial charge in [-0.3, -0.25) is 0 Å². The van der Waals surface area contributed by atoms with E-state index < -0.39 is 17.9 Å². The van der Waals surface area contributed by atoms with Gasteiger partial charge in [-0.2, -0.15) is 0 Å². The van der Waals surface area contributed by atoms with Crippen molar-refractivity contribution in [2.75, 3.05) is 13.2 Å². The molecule has 0 spiro atoms. The summed E-state index contributed by atoms with van der Waals surface area (Å²) in [4.78, 5) is 25.2. The van der Waals surface area contributed by atoms with Crippen molar-refractivity contribution in [3.8, 4) is 11.5 Å². The second-order valence-corrected chi connectivity index (χ2v) is 5.82. The van der Waals surface area contributed by atoms with Crippen LogP contribution in [0.3, 0.4) is 0 Å². The monoisotopic (exact) mass is 361 g/mol. The summed E-state index contributed by atoms with van der Waals surface area (Å²) in [6, 6.07) is 4.01. The molecule has 0 saturated carbocycles. The minimum atomic E-state index is -0.880. The van der Waals surface area contributed by atoms with Crippen molar-refractivity contribution >= 4 is 11.9 Å². The lowest BCUT2D eigenvalue weighted by Crippen LogP contribution is -2.32. The standard InChI is InChI=1S/C19H23NO6/c1-5-25-18(23)15-10(3)20-11(4)16(19(24)26-6-2)17(15)13-8-7-12(21)9-14(13)22/h7-9,17,20-22H,5-6H2,1-4H3. The summed E-state index contributed by atoms with van der Waals surface area (Å²) in [6.45, 7) is 7.10. The van der Waals surface area contributed by atoms with E-state index in [1.165, 1.54) is 12.1 Å². The first-order chi connectivity index (χ1) is 12.3. The average molecular weight is 361 g/mol. The van der Waals surface area contributed by atoms with Crippen molar-refractivity contribution in [2.24, 2.45) is 0 Å². The number of hydrogen-bond donors (Lipinski definition) is 3. The van der Waals surface area contributed by atoms with Gasteiger partial charge in [0.1, 0.15) is 11.5 Å². The predicted octanol–water partition coefficient (Wildman–Crippen LogP) is 2.46. The molecule has 0 bridgehead atoms. The Balaban J connectivity index is 2.69. The molecule has 1 aliphatic heterocycles. The van der Waals surface area contributed by atoms with Crippen molar-refractivity contribution in [3.63, 3.8) is 0 Å². The molecule has 0 aliphatic carbocycles. The summed E-state index contributed by atoms with van der Waals surface area (Å²) in [6.07, 6.45) is 0. The van der Waals surface area contributed by atoms with Gasteiger partial charge in [0.05, 0.1) is 30.3 Å². The maximum atomic E-state index is 12.6. The van der Waals surface area contributed by atoms with Gasteiger partial charge in [-0.05, 0) is 33.8 Å². The molecule has 0 aromatic heterocycles. The molecule has 7 heteroatoms. The molecule has 140 valence electrons. The summed E-state index contributed by atoms with van der Waals surface area (Å²) in [5.41, 5.74) is 1.76. The van der Waals surface area contributed by atoms with E-state index in [-0.39, 0.29) is 35.9 Å². The number of nitrogens with one attached hydrogen (secondary N) is 1. The number of allylic oxidation sites excluding steroid dienone is 2. The lowest BCUT2D eigenvalue weighted by atomic mass is 9.80. The van der Waals surface area contributed by atoms with Crippen LogP contribution in [0, 0.1) is 0 Å². The molecule has 1 aliphatic rings. The first kappa shape index (κ1) is 19.4. The van der Waals surface area contributed by atoms with Crippen LogP contribution in [0.15, 0.2) is 40.7 Å². The summed E-state index contributed by atoms with van der Waals surface area (Å²) < 4.78 is 10.3. The molecule has 2 rings (SSSR count). The van der Waals surface area contributed by atoms with Crippen LogP contribution in [-0.4, -0.2) is 35.4 Å². The maximum absolute atomic E-state index is 12.6. The molecule has 7 nitrogen and oxygen atoms in total. The summed E-state index contributed by atoms with van der Waals surface area (Å²) in [5, 5.41) is 22.9. The van der Waals surface area contributed by atoms with E-state index in [2.05, 4.69) is 5.32 Å². The molecule has 26 heavy (non-hydrogen) atoms. The number of carbonyl (C=O) groups is 2. The normalized spacial score (nSPS) is 14.9. The van der Waals surface area contributed by atoms with Crippen LogP contribution in [0.25, 0.3) is 0 Å². The molecule has 0 amide bonds. The van der Waals surface area contributed by atoms with E-state index >= 15 is 0 Å². The number of phenols is 2. The number of ether oxygens (including phenoxy) is 2. The van der Waals surface area contributed by atoms with Crippen LogP contribution in [0.4, 0.5) is 0 Å². The molecule has 0 unspecified atom stereocenters. The first-order valence-corrected chi connectivity index (χ1v) is 8.36. The minimum Gasteiger partial charge on any atom is -0.508 e. The maximum Gasteiger partial charge on any atom is 0.336 e. The van der Waals surface area contributed by atoms with Crippen molar-refractivity contribution in [2.45, 2.75) is 33.6 Å². The fourth-order valence-electron chi connectivity index (χ4n) is 3.04. The van der Waals surface area contributed by atoms with Crippen LogP contribution in [0.5, 0.6) is 11.5 Å². The van der Waals surface area contributed by atoms with Crippen molar-refractivity contribution in [1.29, 1.82) is 0 Å². The number of hydrogen-bond acceptors (Lipinski definition) is 7. The molecule has 0 atom stereocenters. The van der Waals surface area contributed by atoms with Gasteiger partial charge in [-0.25, -0.2) is 9.59 Å². The molecular formula is C19H23NO6. The summed E-state index contributed by atoms with van der Waals surface area (Å²) in [7, 11) is 0. The fraction of sp³-hybridized carbons (Fsp3) is 0.368. The van der Waals surface area contributed by atoms with Gasteiger partial charge in [0.25, 0.3) is 0 Å². The van der Waals surface area contributed by atoms with Gasteiger partial charge in [-0.1, -0.05) is 6.07 Å². The van der Waals surface area contributed by atoms with E-state index in [4.69, 9.17) is 9.47 Å². The smallest absolute Gasteiger partial charge is 0.336 e. The molecule has 0 radical (unpaired) electrons. The highest BCUT2D eigenvalue weighted by molar-refractivity contribution is 6.00. The van der Waals surface area contributed by atoms with Crippen molar-refractivity contribution in [3.05, 3.63) is 46.3 Å². The molecule has 1 aromatic rings. The van der Waals surface area contributed by atoms with E-state index in [0.717, 1.165) is 6.07 Å². The number of benzene rings is 1. The molecule has 0 fully saturated rings. The van der Waals surface area contributed by atoms with Gasteiger partial charge in [0.2, 0.25) is 0 Å². The quantitative estimate of drug-likeness (QED) is 0.692. The zero-order valence-electron chi connectivity index (χ0n) is 15.3. The van der Waals surface area contributed by atoms with E-state index in [1.54, 1.807) is 27.7 Å². The molecule has 1 aromatic carbocycles. The lowest BCUT2D eigenvalue weighted by Gasteiger charge is -2.30. The summed E-state index contributed by atoms with van der Waals surface area (Å²) in [5.74, 6) is -2.43. The van der Waals surface area contributed by atoms with Crippen LogP contribution < -0.4 is 5.32 Å². The Morgan fingerprint density at radius 3 is 1.92 bits per heavy atom. The second kappa shape index (κ2) is 7.95. The number of phenolic OH excluding ortho intramolecular Hbond substituents is 2. The number of esters is 2. The van der Waals surface area contributed by atoms with Crippen LogP contribution in [-0.2, 0) is 19.1 Å². The lowest BCUT2D eigenvalue weighted by molar-refractivity contribution is -0.139.